The van der Waals surface area contributed by atoms with Crippen molar-refractivity contribution in [3.63, 3.8) is 0 Å². The van der Waals surface area contributed by atoms with Gasteiger partial charge in [0.05, 0.1) is 12.3 Å². The minimum atomic E-state index is -0.324. The highest BCUT2D eigenvalue weighted by molar-refractivity contribution is 7.99. The summed E-state index contributed by atoms with van der Waals surface area (Å²) in [7, 11) is 0. The van der Waals surface area contributed by atoms with Gasteiger partial charge in [0.2, 0.25) is 0 Å². The van der Waals surface area contributed by atoms with Gasteiger partial charge in [0.1, 0.15) is 11.3 Å². The molecule has 0 radical (unpaired) electrons. The van der Waals surface area contributed by atoms with Crippen molar-refractivity contribution < 1.29 is 4.42 Å². The summed E-state index contributed by atoms with van der Waals surface area (Å²) in [4.78, 5) is 1.16. The molecule has 2 fully saturated rings. The van der Waals surface area contributed by atoms with Crippen LogP contribution in [0.25, 0.3) is 0 Å². The zero-order valence-electron chi connectivity index (χ0n) is 10.6. The molecule has 18 heavy (non-hydrogen) atoms. The van der Waals surface area contributed by atoms with Gasteiger partial charge in [-0.2, -0.15) is 5.26 Å². The van der Waals surface area contributed by atoms with Gasteiger partial charge in [-0.15, -0.1) is 11.8 Å². The van der Waals surface area contributed by atoms with Crippen LogP contribution >= 0.6 is 11.8 Å². The van der Waals surface area contributed by atoms with E-state index in [4.69, 9.17) is 4.42 Å². The van der Waals surface area contributed by atoms with Crippen LogP contribution in [0.1, 0.15) is 31.4 Å². The number of nitrogens with one attached hydrogen (secondary N) is 1. The van der Waals surface area contributed by atoms with Crippen molar-refractivity contribution in [3.8, 4) is 6.07 Å². The fourth-order valence-electron chi connectivity index (χ4n) is 2.32. The molecule has 3 rings (SSSR count). The Morgan fingerprint density at radius 2 is 2.28 bits per heavy atom. The lowest BCUT2D eigenvalue weighted by molar-refractivity contribution is 0.401. The minimum absolute atomic E-state index is 0.324. The van der Waals surface area contributed by atoms with Crippen molar-refractivity contribution >= 4 is 11.8 Å². The van der Waals surface area contributed by atoms with Gasteiger partial charge in [-0.05, 0) is 44.6 Å². The van der Waals surface area contributed by atoms with Crippen LogP contribution in [0.15, 0.2) is 21.6 Å². The Morgan fingerprint density at radius 1 is 1.50 bits per heavy atom. The van der Waals surface area contributed by atoms with Crippen LogP contribution in [0.5, 0.6) is 0 Å². The lowest BCUT2D eigenvalue weighted by Gasteiger charge is -2.27. The topological polar surface area (TPSA) is 49.0 Å². The highest BCUT2D eigenvalue weighted by Gasteiger charge is 2.48. The molecule has 0 saturated heterocycles. The van der Waals surface area contributed by atoms with Crippen LogP contribution in [-0.4, -0.2) is 17.3 Å². The summed E-state index contributed by atoms with van der Waals surface area (Å²) in [5, 5.41) is 13.2. The Balaban J connectivity index is 1.69. The third-order valence-corrected chi connectivity index (χ3v) is 5.11. The van der Waals surface area contributed by atoms with Gasteiger partial charge in [0, 0.05) is 16.7 Å². The number of nitriles is 1. The first-order valence-corrected chi connectivity index (χ1v) is 7.58. The molecule has 1 N–H and O–H groups in total. The third-order valence-electron chi connectivity index (χ3n) is 3.78. The predicted octanol–water partition coefficient (Wildman–Crippen LogP) is 3.10. The maximum absolute atomic E-state index is 9.61. The molecule has 1 atom stereocenters. The van der Waals surface area contributed by atoms with E-state index in [1.165, 1.54) is 25.7 Å². The maximum atomic E-state index is 9.61. The zero-order valence-corrected chi connectivity index (χ0v) is 11.4. The number of hydrogen-bond acceptors (Lipinski definition) is 4. The van der Waals surface area contributed by atoms with Crippen molar-refractivity contribution in [2.45, 2.75) is 49.1 Å². The molecule has 1 heterocycles. The van der Waals surface area contributed by atoms with Gasteiger partial charge in [-0.25, -0.2) is 0 Å². The second kappa shape index (κ2) is 4.64. The van der Waals surface area contributed by atoms with Crippen LogP contribution in [0.3, 0.4) is 0 Å². The first-order valence-electron chi connectivity index (χ1n) is 6.59. The van der Waals surface area contributed by atoms with Crippen molar-refractivity contribution in [2.24, 2.45) is 5.92 Å². The second-order valence-corrected chi connectivity index (χ2v) is 6.42. The van der Waals surface area contributed by atoms with Crippen LogP contribution in [0.4, 0.5) is 0 Å². The molecular formula is C14H18N2OS. The summed E-state index contributed by atoms with van der Waals surface area (Å²) >= 11 is 1.74. The van der Waals surface area contributed by atoms with Crippen molar-refractivity contribution in [3.05, 3.63) is 18.1 Å². The fourth-order valence-corrected chi connectivity index (χ4v) is 3.49. The van der Waals surface area contributed by atoms with E-state index >= 15 is 0 Å². The molecule has 1 unspecified atom stereocenters. The van der Waals surface area contributed by atoms with Crippen LogP contribution < -0.4 is 5.32 Å². The molecule has 3 nitrogen and oxygen atoms in total. The van der Waals surface area contributed by atoms with Gasteiger partial charge < -0.3 is 4.42 Å². The Labute approximate surface area is 112 Å². The molecule has 1 aromatic rings. The standard InChI is InChI=1S/C14H18N2OS/c1-10-13(6-7-17-10)18-9-14(8-15,11-2-3-11)16-12-4-5-12/h6-7,11-12,16H,2-5,9H2,1H3. The van der Waals surface area contributed by atoms with E-state index in [0.29, 0.717) is 12.0 Å². The molecule has 96 valence electrons. The molecule has 0 bridgehead atoms. The van der Waals surface area contributed by atoms with Crippen molar-refractivity contribution in [1.29, 1.82) is 5.26 Å². The van der Waals surface area contributed by atoms with E-state index < -0.39 is 0 Å². The zero-order chi connectivity index (χ0) is 12.6. The average molecular weight is 262 g/mol. The minimum Gasteiger partial charge on any atom is -0.468 e. The molecule has 0 spiro atoms. The molecule has 1 aromatic heterocycles. The number of furan rings is 1. The smallest absolute Gasteiger partial charge is 0.119 e. The predicted molar refractivity (Wildman–Crippen MR) is 71.4 cm³/mol. The number of rotatable bonds is 6. The van der Waals surface area contributed by atoms with Crippen LogP contribution in [0, 0.1) is 24.2 Å². The number of thioether (sulfide) groups is 1. The summed E-state index contributed by atoms with van der Waals surface area (Å²) in [5.74, 6) is 2.32. The van der Waals surface area contributed by atoms with E-state index in [1.54, 1.807) is 18.0 Å². The summed E-state index contributed by atoms with van der Waals surface area (Å²) in [5.41, 5.74) is -0.324. The summed E-state index contributed by atoms with van der Waals surface area (Å²) in [6.45, 7) is 1.97. The Bertz CT molecular complexity index is 470. The molecule has 0 amide bonds. The van der Waals surface area contributed by atoms with Crippen molar-refractivity contribution in [1.82, 2.24) is 5.32 Å². The van der Waals surface area contributed by atoms with Gasteiger partial charge >= 0.3 is 0 Å². The molecule has 4 heteroatoms. The van der Waals surface area contributed by atoms with E-state index in [0.717, 1.165) is 16.4 Å². The molecule has 0 aromatic carbocycles. The highest BCUT2D eigenvalue weighted by Crippen LogP contribution is 2.44. The first-order chi connectivity index (χ1) is 8.73. The maximum Gasteiger partial charge on any atom is 0.119 e. The number of aryl methyl sites for hydroxylation is 1. The van der Waals surface area contributed by atoms with Gasteiger partial charge in [0.25, 0.3) is 0 Å². The van der Waals surface area contributed by atoms with Gasteiger partial charge in [0.15, 0.2) is 0 Å². The second-order valence-electron chi connectivity index (χ2n) is 5.41. The molecule has 2 aliphatic carbocycles. The fraction of sp³-hybridized carbons (Fsp3) is 0.643. The number of nitrogens with zero attached hydrogens (tertiary/aromatic N) is 1. The quantitative estimate of drug-likeness (QED) is 0.800. The molecule has 2 aliphatic rings. The highest BCUT2D eigenvalue weighted by atomic mass is 32.2. The molecular weight excluding hydrogens is 244 g/mol. The lowest BCUT2D eigenvalue weighted by Crippen LogP contribution is -2.49. The summed E-state index contributed by atoms with van der Waals surface area (Å²) in [6.07, 6.45) is 6.56. The lowest BCUT2D eigenvalue weighted by atomic mass is 9.97. The third kappa shape index (κ3) is 2.43. The average Bonchev–Trinajstić information content (AvgIpc) is 3.26. The van der Waals surface area contributed by atoms with E-state index in [9.17, 15) is 5.26 Å². The van der Waals surface area contributed by atoms with Gasteiger partial charge in [-0.3, -0.25) is 5.32 Å². The normalized spacial score (nSPS) is 22.4. The van der Waals surface area contributed by atoms with E-state index in [2.05, 4.69) is 11.4 Å². The van der Waals surface area contributed by atoms with E-state index in [1.807, 2.05) is 13.0 Å². The van der Waals surface area contributed by atoms with Crippen LogP contribution in [-0.2, 0) is 0 Å². The van der Waals surface area contributed by atoms with Crippen molar-refractivity contribution in [2.75, 3.05) is 5.75 Å². The largest absolute Gasteiger partial charge is 0.468 e. The molecule has 2 saturated carbocycles. The molecule has 0 aliphatic heterocycles. The summed E-state index contributed by atoms with van der Waals surface area (Å²) < 4.78 is 5.31. The monoisotopic (exact) mass is 262 g/mol. The van der Waals surface area contributed by atoms with E-state index in [-0.39, 0.29) is 5.54 Å². The Morgan fingerprint density at radius 3 is 2.78 bits per heavy atom. The van der Waals surface area contributed by atoms with Gasteiger partial charge in [-0.1, -0.05) is 0 Å². The first kappa shape index (κ1) is 12.1. The number of hydrogen-bond donors (Lipinski definition) is 1. The Hall–Kier alpha value is -0.920. The van der Waals surface area contributed by atoms with Crippen LogP contribution in [0.2, 0.25) is 0 Å². The SMILES string of the molecule is Cc1occc1SCC(C#N)(NC1CC1)C1CC1. The Kier molecular flexibility index (Phi) is 3.13. The summed E-state index contributed by atoms with van der Waals surface area (Å²) in [6, 6.07) is 5.14.